The number of rotatable bonds is 13. The summed E-state index contributed by atoms with van der Waals surface area (Å²) in [5.41, 5.74) is 0. The summed E-state index contributed by atoms with van der Waals surface area (Å²) in [4.78, 5) is 11.0. The average molecular weight is 312 g/mol. The molecule has 0 spiro atoms. The first-order valence-corrected chi connectivity index (χ1v) is 9.58. The average Bonchev–Trinajstić information content (AvgIpc) is 2.97. The lowest BCUT2D eigenvalue weighted by molar-refractivity contribution is -0.140. The number of unbranched alkanes of at least 4 members (excludes halogenated alkanes) is 6. The van der Waals surface area contributed by atoms with E-state index in [0.29, 0.717) is 6.42 Å². The van der Waals surface area contributed by atoms with Gasteiger partial charge in [-0.3, -0.25) is 4.79 Å². The molecule has 1 saturated carbocycles. The predicted molar refractivity (Wildman–Crippen MR) is 93.0 cm³/mol. The third-order valence-electron chi connectivity index (χ3n) is 5.03. The van der Waals surface area contributed by atoms with E-state index in [-0.39, 0.29) is 5.97 Å². The van der Waals surface area contributed by atoms with E-state index in [1.54, 1.807) is 0 Å². The van der Waals surface area contributed by atoms with Crippen molar-refractivity contribution in [3.63, 3.8) is 0 Å². The molecule has 2 atom stereocenters. The molecule has 1 N–H and O–H groups in total. The first kappa shape index (κ1) is 19.5. The summed E-state index contributed by atoms with van der Waals surface area (Å²) in [6, 6.07) is 0.775. The maximum Gasteiger partial charge on any atom is 0.305 e. The van der Waals surface area contributed by atoms with Crippen LogP contribution in [0.1, 0.15) is 90.4 Å². The third kappa shape index (κ3) is 8.77. The monoisotopic (exact) mass is 311 g/mol. The number of hydrogen-bond acceptors (Lipinski definition) is 3. The van der Waals surface area contributed by atoms with Gasteiger partial charge in [0.2, 0.25) is 0 Å². The lowest BCUT2D eigenvalue weighted by Crippen LogP contribution is -2.33. The Hall–Kier alpha value is -0.570. The van der Waals surface area contributed by atoms with Crippen LogP contribution in [0.5, 0.6) is 0 Å². The van der Waals surface area contributed by atoms with Crippen LogP contribution in [0.4, 0.5) is 0 Å². The van der Waals surface area contributed by atoms with Gasteiger partial charge in [-0.05, 0) is 44.6 Å². The minimum absolute atomic E-state index is 0.0665. The summed E-state index contributed by atoms with van der Waals surface area (Å²) >= 11 is 0. The Morgan fingerprint density at radius 2 is 1.82 bits per heavy atom. The van der Waals surface area contributed by atoms with E-state index in [1.165, 1.54) is 77.9 Å². The zero-order chi connectivity index (χ0) is 16.0. The number of methoxy groups -OCH3 is 1. The predicted octanol–water partition coefficient (Wildman–Crippen LogP) is 4.84. The Morgan fingerprint density at radius 1 is 1.05 bits per heavy atom. The molecule has 1 aliphatic carbocycles. The molecule has 1 fully saturated rings. The second-order valence-corrected chi connectivity index (χ2v) is 6.84. The Bertz CT molecular complexity index is 281. The molecule has 0 aromatic rings. The van der Waals surface area contributed by atoms with Gasteiger partial charge in [0.1, 0.15) is 0 Å². The quantitative estimate of drug-likeness (QED) is 0.391. The standard InChI is InChI=1S/C19H37NO2/c1-3-4-5-10-16-20-18-14-11-13-17(18)12-8-6-7-9-15-19(21)22-2/h17-18,20H,3-16H2,1-2H3/t17-,18-/m0/s1. The Morgan fingerprint density at radius 3 is 2.59 bits per heavy atom. The van der Waals surface area contributed by atoms with Crippen LogP contribution in [0.3, 0.4) is 0 Å². The molecule has 130 valence electrons. The van der Waals surface area contributed by atoms with Crippen molar-refractivity contribution >= 4 is 5.97 Å². The number of carbonyl (C=O) groups excluding carboxylic acids is 1. The SMILES string of the molecule is CCCCCCN[C@H]1CCC[C@@H]1CCCCCCC(=O)OC. The summed E-state index contributed by atoms with van der Waals surface area (Å²) in [5, 5.41) is 3.80. The van der Waals surface area contributed by atoms with Crippen molar-refractivity contribution in [1.82, 2.24) is 5.32 Å². The van der Waals surface area contributed by atoms with Crippen molar-refractivity contribution in [3.8, 4) is 0 Å². The maximum atomic E-state index is 11.0. The van der Waals surface area contributed by atoms with E-state index in [9.17, 15) is 4.79 Å². The molecule has 3 nitrogen and oxygen atoms in total. The van der Waals surface area contributed by atoms with Gasteiger partial charge in [0.05, 0.1) is 7.11 Å². The van der Waals surface area contributed by atoms with Crippen LogP contribution in [0.2, 0.25) is 0 Å². The fourth-order valence-corrected chi connectivity index (χ4v) is 3.62. The van der Waals surface area contributed by atoms with Gasteiger partial charge in [-0.25, -0.2) is 0 Å². The van der Waals surface area contributed by atoms with E-state index < -0.39 is 0 Å². The largest absolute Gasteiger partial charge is 0.469 e. The fraction of sp³-hybridized carbons (Fsp3) is 0.947. The first-order valence-electron chi connectivity index (χ1n) is 9.58. The lowest BCUT2D eigenvalue weighted by atomic mass is 9.95. The Labute approximate surface area is 137 Å². The zero-order valence-corrected chi connectivity index (χ0v) is 14.9. The summed E-state index contributed by atoms with van der Waals surface area (Å²) < 4.78 is 4.67. The maximum absolute atomic E-state index is 11.0. The van der Waals surface area contributed by atoms with E-state index >= 15 is 0 Å². The number of nitrogens with one attached hydrogen (secondary N) is 1. The number of hydrogen-bond donors (Lipinski definition) is 1. The molecule has 0 aliphatic heterocycles. The molecule has 0 amide bonds. The number of esters is 1. The normalized spacial score (nSPS) is 21.2. The van der Waals surface area contributed by atoms with Gasteiger partial charge < -0.3 is 10.1 Å². The fourth-order valence-electron chi connectivity index (χ4n) is 3.62. The summed E-state index contributed by atoms with van der Waals surface area (Å²) in [6.45, 7) is 3.48. The van der Waals surface area contributed by atoms with Gasteiger partial charge in [0.25, 0.3) is 0 Å². The topological polar surface area (TPSA) is 38.3 Å². The van der Waals surface area contributed by atoms with Gasteiger partial charge in [0, 0.05) is 12.5 Å². The van der Waals surface area contributed by atoms with Crippen LogP contribution < -0.4 is 5.32 Å². The highest BCUT2D eigenvalue weighted by Crippen LogP contribution is 2.30. The van der Waals surface area contributed by atoms with E-state index in [1.807, 2.05) is 0 Å². The lowest BCUT2D eigenvalue weighted by Gasteiger charge is -2.21. The minimum atomic E-state index is -0.0665. The van der Waals surface area contributed by atoms with Crippen molar-refractivity contribution in [3.05, 3.63) is 0 Å². The van der Waals surface area contributed by atoms with Gasteiger partial charge >= 0.3 is 5.97 Å². The second kappa shape index (κ2) is 12.9. The first-order chi connectivity index (χ1) is 10.8. The zero-order valence-electron chi connectivity index (χ0n) is 14.9. The molecular weight excluding hydrogens is 274 g/mol. The number of carbonyl (C=O) groups is 1. The van der Waals surface area contributed by atoms with Crippen molar-refractivity contribution < 1.29 is 9.53 Å². The smallest absolute Gasteiger partial charge is 0.305 e. The Kier molecular flexibility index (Phi) is 11.4. The van der Waals surface area contributed by atoms with E-state index in [0.717, 1.165) is 24.8 Å². The molecule has 0 radical (unpaired) electrons. The summed E-state index contributed by atoms with van der Waals surface area (Å²) in [7, 11) is 1.47. The molecule has 3 heteroatoms. The minimum Gasteiger partial charge on any atom is -0.469 e. The molecule has 0 aromatic heterocycles. The molecular formula is C19H37NO2. The van der Waals surface area contributed by atoms with Crippen LogP contribution in [0, 0.1) is 5.92 Å². The molecule has 1 rings (SSSR count). The molecule has 0 saturated heterocycles. The molecule has 22 heavy (non-hydrogen) atoms. The molecule has 1 aliphatic rings. The van der Waals surface area contributed by atoms with E-state index in [4.69, 9.17) is 0 Å². The third-order valence-corrected chi connectivity index (χ3v) is 5.03. The van der Waals surface area contributed by atoms with Crippen LogP contribution in [0.25, 0.3) is 0 Å². The van der Waals surface area contributed by atoms with Gasteiger partial charge in [0.15, 0.2) is 0 Å². The van der Waals surface area contributed by atoms with Crippen LogP contribution in [0.15, 0.2) is 0 Å². The molecule has 0 aromatic carbocycles. The summed E-state index contributed by atoms with van der Waals surface area (Å²) in [5.74, 6) is 0.829. The highest BCUT2D eigenvalue weighted by Gasteiger charge is 2.25. The van der Waals surface area contributed by atoms with Crippen LogP contribution in [-0.2, 0) is 9.53 Å². The Balaban J connectivity index is 2.00. The molecule has 0 heterocycles. The second-order valence-electron chi connectivity index (χ2n) is 6.84. The van der Waals surface area contributed by atoms with Crippen LogP contribution >= 0.6 is 0 Å². The van der Waals surface area contributed by atoms with Gasteiger partial charge in [-0.2, -0.15) is 0 Å². The summed E-state index contributed by atoms with van der Waals surface area (Å²) in [6.07, 6.45) is 16.3. The van der Waals surface area contributed by atoms with Crippen molar-refractivity contribution in [2.24, 2.45) is 5.92 Å². The van der Waals surface area contributed by atoms with E-state index in [2.05, 4.69) is 17.0 Å². The highest BCUT2D eigenvalue weighted by atomic mass is 16.5. The van der Waals surface area contributed by atoms with Crippen molar-refractivity contribution in [2.75, 3.05) is 13.7 Å². The van der Waals surface area contributed by atoms with Crippen molar-refractivity contribution in [1.29, 1.82) is 0 Å². The van der Waals surface area contributed by atoms with Crippen molar-refractivity contribution in [2.45, 2.75) is 96.4 Å². The van der Waals surface area contributed by atoms with Gasteiger partial charge in [-0.15, -0.1) is 0 Å². The molecule has 0 unspecified atom stereocenters. The highest BCUT2D eigenvalue weighted by molar-refractivity contribution is 5.68. The van der Waals surface area contributed by atoms with Crippen LogP contribution in [-0.4, -0.2) is 25.7 Å². The van der Waals surface area contributed by atoms with Gasteiger partial charge in [-0.1, -0.05) is 51.9 Å². The number of ether oxygens (including phenoxy) is 1. The molecule has 0 bridgehead atoms.